The average molecular weight is 302 g/mol. The fourth-order valence-corrected chi connectivity index (χ4v) is 3.47. The van der Waals surface area contributed by atoms with Gasteiger partial charge in [0, 0.05) is 13.1 Å². The van der Waals surface area contributed by atoms with E-state index in [2.05, 4.69) is 17.7 Å². The van der Waals surface area contributed by atoms with Gasteiger partial charge in [0.25, 0.3) is 11.8 Å². The van der Waals surface area contributed by atoms with Crippen molar-refractivity contribution in [1.29, 1.82) is 0 Å². The van der Waals surface area contributed by atoms with Crippen molar-refractivity contribution in [2.45, 2.75) is 19.3 Å². The molecule has 0 aliphatic carbocycles. The number of carbonyl (C=O) groups is 2. The number of rotatable bonds is 5. The summed E-state index contributed by atoms with van der Waals surface area (Å²) in [6.07, 6.45) is 3.07. The first-order chi connectivity index (χ1) is 10.6. The molecule has 0 spiro atoms. The van der Waals surface area contributed by atoms with Crippen LogP contribution in [0.1, 0.15) is 39.1 Å². The second-order valence-corrected chi connectivity index (χ2v) is 6.62. The number of hydrogen-bond donors (Lipinski definition) is 2. The van der Waals surface area contributed by atoms with E-state index in [-0.39, 0.29) is 11.8 Å². The monoisotopic (exact) mass is 302 g/mol. The number of unbranched alkanes of at least 4 members (excludes halogenated alkanes) is 1. The first-order valence-electron chi connectivity index (χ1n) is 8.11. The van der Waals surface area contributed by atoms with Crippen LogP contribution in [-0.4, -0.2) is 56.1 Å². The Morgan fingerprint density at radius 1 is 1.09 bits per heavy atom. The molecule has 22 heavy (non-hydrogen) atoms. The minimum Gasteiger partial charge on any atom is -0.324 e. The highest BCUT2D eigenvalue weighted by Crippen LogP contribution is 2.22. The van der Waals surface area contributed by atoms with Crippen LogP contribution in [0, 0.1) is 0 Å². The summed E-state index contributed by atoms with van der Waals surface area (Å²) in [5.74, 6) is -0.502. The number of fused-ring (bicyclic) bond motifs is 1. The Balaban J connectivity index is 1.57. The van der Waals surface area contributed by atoms with Gasteiger partial charge in [-0.25, -0.2) is 0 Å². The molecule has 1 fully saturated rings. The Hall–Kier alpha value is -1.72. The number of benzene rings is 1. The maximum atomic E-state index is 11.9. The molecular formula is C17H24N3O2+. The van der Waals surface area contributed by atoms with Gasteiger partial charge >= 0.3 is 0 Å². The topological polar surface area (TPSA) is 58.2 Å². The first kappa shape index (κ1) is 15.2. The number of aryl methyl sites for hydroxylation is 1. The first-order valence-corrected chi connectivity index (χ1v) is 8.11. The lowest BCUT2D eigenvalue weighted by Crippen LogP contribution is -2.56. The lowest BCUT2D eigenvalue weighted by atomic mass is 9.98. The Kier molecular flexibility index (Phi) is 4.27. The molecule has 5 nitrogen and oxygen atoms in total. The standard InChI is InChI=1S/C17H23N3O2/c1-20(11-8-18-9-12-20)10-3-2-5-13-6-4-7-14-15(13)17(22)19-16(14)21/h4,6-7,18H,2-3,5,8-12H2,1H3/p+1. The summed E-state index contributed by atoms with van der Waals surface area (Å²) in [5, 5.41) is 5.78. The summed E-state index contributed by atoms with van der Waals surface area (Å²) in [7, 11) is 2.33. The molecular weight excluding hydrogens is 278 g/mol. The van der Waals surface area contributed by atoms with E-state index >= 15 is 0 Å². The summed E-state index contributed by atoms with van der Waals surface area (Å²) in [4.78, 5) is 23.6. The highest BCUT2D eigenvalue weighted by molar-refractivity contribution is 6.22. The van der Waals surface area contributed by atoms with Gasteiger partial charge in [-0.15, -0.1) is 0 Å². The van der Waals surface area contributed by atoms with Crippen LogP contribution >= 0.6 is 0 Å². The molecule has 0 atom stereocenters. The van der Waals surface area contributed by atoms with Crippen LogP contribution < -0.4 is 10.6 Å². The van der Waals surface area contributed by atoms with E-state index in [0.717, 1.165) is 42.4 Å². The van der Waals surface area contributed by atoms with Crippen LogP contribution in [0.15, 0.2) is 18.2 Å². The third-order valence-corrected chi connectivity index (χ3v) is 4.90. The number of amides is 2. The fraction of sp³-hybridized carbons (Fsp3) is 0.529. The van der Waals surface area contributed by atoms with Gasteiger partial charge in [-0.05, 0) is 30.9 Å². The SMILES string of the molecule is C[N+]1(CCCCc2cccc3c2C(=O)NC3=O)CCNCC1. The molecule has 3 rings (SSSR count). The normalized spacial score (nSPS) is 19.9. The zero-order chi connectivity index (χ0) is 15.6. The van der Waals surface area contributed by atoms with Crippen LogP contribution in [0.2, 0.25) is 0 Å². The van der Waals surface area contributed by atoms with Crippen molar-refractivity contribution in [2.24, 2.45) is 0 Å². The third kappa shape index (κ3) is 3.05. The number of likely N-dealkylation sites (N-methyl/N-ethyl adjacent to an activating group) is 1. The number of imide groups is 1. The van der Waals surface area contributed by atoms with Gasteiger partial charge in [0.05, 0.1) is 37.8 Å². The van der Waals surface area contributed by atoms with E-state index in [0.29, 0.717) is 11.1 Å². The molecule has 0 aromatic heterocycles. The van der Waals surface area contributed by atoms with Crippen LogP contribution in [0.4, 0.5) is 0 Å². The molecule has 118 valence electrons. The fourth-order valence-electron chi connectivity index (χ4n) is 3.47. The maximum Gasteiger partial charge on any atom is 0.259 e. The average Bonchev–Trinajstić information content (AvgIpc) is 2.80. The van der Waals surface area contributed by atoms with E-state index in [1.807, 2.05) is 12.1 Å². The smallest absolute Gasteiger partial charge is 0.259 e. The van der Waals surface area contributed by atoms with Gasteiger partial charge in [0.15, 0.2) is 0 Å². The Morgan fingerprint density at radius 3 is 2.64 bits per heavy atom. The van der Waals surface area contributed by atoms with Crippen molar-refractivity contribution < 1.29 is 14.1 Å². The van der Waals surface area contributed by atoms with Gasteiger partial charge < -0.3 is 9.80 Å². The lowest BCUT2D eigenvalue weighted by molar-refractivity contribution is -0.911. The van der Waals surface area contributed by atoms with Gasteiger partial charge in [-0.1, -0.05) is 12.1 Å². The summed E-state index contributed by atoms with van der Waals surface area (Å²) >= 11 is 0. The zero-order valence-electron chi connectivity index (χ0n) is 13.2. The minimum absolute atomic E-state index is 0.239. The van der Waals surface area contributed by atoms with Gasteiger partial charge in [-0.3, -0.25) is 14.9 Å². The van der Waals surface area contributed by atoms with Crippen molar-refractivity contribution in [3.8, 4) is 0 Å². The highest BCUT2D eigenvalue weighted by atomic mass is 16.2. The van der Waals surface area contributed by atoms with E-state index in [9.17, 15) is 9.59 Å². The summed E-state index contributed by atoms with van der Waals surface area (Å²) in [6.45, 7) is 5.77. The van der Waals surface area contributed by atoms with Crippen molar-refractivity contribution >= 4 is 11.8 Å². The number of nitrogens with one attached hydrogen (secondary N) is 2. The molecule has 5 heteroatoms. The molecule has 1 saturated heterocycles. The van der Waals surface area contributed by atoms with E-state index < -0.39 is 0 Å². The number of piperazine rings is 1. The van der Waals surface area contributed by atoms with E-state index in [1.54, 1.807) is 6.07 Å². The Bertz CT molecular complexity index is 592. The molecule has 2 amide bonds. The maximum absolute atomic E-state index is 11.9. The summed E-state index contributed by atoms with van der Waals surface area (Å²) < 4.78 is 1.14. The van der Waals surface area contributed by atoms with Crippen LogP contribution in [0.5, 0.6) is 0 Å². The third-order valence-electron chi connectivity index (χ3n) is 4.90. The largest absolute Gasteiger partial charge is 0.324 e. The molecule has 0 unspecified atom stereocenters. The number of carbonyl (C=O) groups excluding carboxylic acids is 2. The van der Waals surface area contributed by atoms with E-state index in [4.69, 9.17) is 0 Å². The molecule has 1 aromatic rings. The van der Waals surface area contributed by atoms with Crippen molar-refractivity contribution in [1.82, 2.24) is 10.6 Å². The van der Waals surface area contributed by atoms with Gasteiger partial charge in [0.2, 0.25) is 0 Å². The van der Waals surface area contributed by atoms with Crippen LogP contribution in [0.25, 0.3) is 0 Å². The molecule has 2 N–H and O–H groups in total. The molecule has 0 radical (unpaired) electrons. The molecule has 2 heterocycles. The van der Waals surface area contributed by atoms with Crippen LogP contribution in [0.3, 0.4) is 0 Å². The molecule has 2 aliphatic heterocycles. The predicted molar refractivity (Wildman–Crippen MR) is 84.8 cm³/mol. The lowest BCUT2D eigenvalue weighted by Gasteiger charge is -2.38. The van der Waals surface area contributed by atoms with Crippen molar-refractivity contribution in [2.75, 3.05) is 39.8 Å². The van der Waals surface area contributed by atoms with Gasteiger partial charge in [-0.2, -0.15) is 0 Å². The van der Waals surface area contributed by atoms with Crippen molar-refractivity contribution in [3.63, 3.8) is 0 Å². The Morgan fingerprint density at radius 2 is 1.86 bits per heavy atom. The molecule has 2 aliphatic rings. The molecule has 1 aromatic carbocycles. The predicted octanol–water partition coefficient (Wildman–Crippen LogP) is 0.943. The number of nitrogens with zero attached hydrogens (tertiary/aromatic N) is 1. The molecule has 0 saturated carbocycles. The Labute approximate surface area is 131 Å². The molecule has 0 bridgehead atoms. The second kappa shape index (κ2) is 6.18. The van der Waals surface area contributed by atoms with Gasteiger partial charge in [0.1, 0.15) is 0 Å². The van der Waals surface area contributed by atoms with E-state index in [1.165, 1.54) is 19.6 Å². The zero-order valence-corrected chi connectivity index (χ0v) is 13.2. The highest BCUT2D eigenvalue weighted by Gasteiger charge is 2.29. The van der Waals surface area contributed by atoms with Crippen molar-refractivity contribution in [3.05, 3.63) is 34.9 Å². The summed E-state index contributed by atoms with van der Waals surface area (Å²) in [6, 6.07) is 5.57. The van der Waals surface area contributed by atoms with Crippen LogP contribution in [-0.2, 0) is 6.42 Å². The quantitative estimate of drug-likeness (QED) is 0.483. The second-order valence-electron chi connectivity index (χ2n) is 6.62. The number of hydrogen-bond acceptors (Lipinski definition) is 3. The minimum atomic E-state index is -0.263. The summed E-state index contributed by atoms with van der Waals surface area (Å²) in [5.41, 5.74) is 2.13. The number of quaternary nitrogens is 1.